The molecule has 2 aromatic rings. The Labute approximate surface area is 141 Å². The number of nitrogens with one attached hydrogen (secondary N) is 1. The summed E-state index contributed by atoms with van der Waals surface area (Å²) in [4.78, 5) is 16.2. The molecule has 1 amide bonds. The van der Waals surface area contributed by atoms with Gasteiger partial charge in [-0.3, -0.25) is 4.79 Å². The van der Waals surface area contributed by atoms with Gasteiger partial charge in [0.2, 0.25) is 0 Å². The molecule has 0 spiro atoms. The van der Waals surface area contributed by atoms with Crippen LogP contribution < -0.4 is 20.5 Å². The minimum absolute atomic E-state index is 0. The summed E-state index contributed by atoms with van der Waals surface area (Å²) < 4.78 is 10.9. The summed E-state index contributed by atoms with van der Waals surface area (Å²) in [5.74, 6) is 1.25. The average molecular weight is 338 g/mol. The molecule has 1 aromatic carbocycles. The Morgan fingerprint density at radius 1 is 1.22 bits per heavy atom. The Bertz CT molecular complexity index is 660. The van der Waals surface area contributed by atoms with Crippen LogP contribution in [0.25, 0.3) is 0 Å². The highest BCUT2D eigenvalue weighted by atomic mass is 35.5. The van der Waals surface area contributed by atoms with Crippen LogP contribution >= 0.6 is 12.4 Å². The van der Waals surface area contributed by atoms with Gasteiger partial charge in [-0.2, -0.15) is 0 Å². The number of ether oxygens (including phenoxy) is 2. The molecule has 7 heteroatoms. The van der Waals surface area contributed by atoms with Crippen LogP contribution in [-0.2, 0) is 0 Å². The molecule has 0 aliphatic rings. The lowest BCUT2D eigenvalue weighted by Gasteiger charge is -2.14. The van der Waals surface area contributed by atoms with Crippen LogP contribution in [0.2, 0.25) is 0 Å². The fourth-order valence-corrected chi connectivity index (χ4v) is 1.84. The number of nitrogen functional groups attached to an aromatic ring is 1. The summed E-state index contributed by atoms with van der Waals surface area (Å²) in [5.41, 5.74) is 6.54. The summed E-state index contributed by atoms with van der Waals surface area (Å²) in [7, 11) is 1.54. The maximum absolute atomic E-state index is 12.2. The third kappa shape index (κ3) is 5.03. The number of nitrogens with zero attached hydrogens (tertiary/aromatic N) is 1. The molecule has 3 N–H and O–H groups in total. The van der Waals surface area contributed by atoms with Gasteiger partial charge in [0.25, 0.3) is 5.91 Å². The van der Waals surface area contributed by atoms with Crippen molar-refractivity contribution < 1.29 is 14.3 Å². The van der Waals surface area contributed by atoms with Crippen molar-refractivity contribution in [3.8, 4) is 11.5 Å². The van der Waals surface area contributed by atoms with Gasteiger partial charge in [-0.25, -0.2) is 4.98 Å². The van der Waals surface area contributed by atoms with Gasteiger partial charge in [-0.15, -0.1) is 12.4 Å². The van der Waals surface area contributed by atoms with Crippen molar-refractivity contribution in [3.63, 3.8) is 0 Å². The number of pyridine rings is 1. The molecule has 0 saturated carbocycles. The Balaban J connectivity index is 0.00000264. The van der Waals surface area contributed by atoms with Crippen molar-refractivity contribution in [2.75, 3.05) is 18.2 Å². The topological polar surface area (TPSA) is 86.5 Å². The number of carbonyl (C=O) groups is 1. The first-order chi connectivity index (χ1) is 10.5. The summed E-state index contributed by atoms with van der Waals surface area (Å²) in [6.07, 6.45) is 1.52. The van der Waals surface area contributed by atoms with E-state index in [1.165, 1.54) is 13.3 Å². The van der Waals surface area contributed by atoms with Gasteiger partial charge in [-0.05, 0) is 44.2 Å². The van der Waals surface area contributed by atoms with E-state index in [0.717, 1.165) is 0 Å². The van der Waals surface area contributed by atoms with Gasteiger partial charge in [-0.1, -0.05) is 0 Å². The van der Waals surface area contributed by atoms with E-state index >= 15 is 0 Å². The van der Waals surface area contributed by atoms with Crippen molar-refractivity contribution in [1.29, 1.82) is 0 Å². The molecule has 0 saturated heterocycles. The Kier molecular flexibility index (Phi) is 6.65. The number of hydrogen-bond acceptors (Lipinski definition) is 5. The van der Waals surface area contributed by atoms with Gasteiger partial charge in [0.05, 0.1) is 25.1 Å². The summed E-state index contributed by atoms with van der Waals surface area (Å²) in [6, 6.07) is 8.34. The Morgan fingerprint density at radius 3 is 2.52 bits per heavy atom. The fourth-order valence-electron chi connectivity index (χ4n) is 1.84. The highest BCUT2D eigenvalue weighted by Crippen LogP contribution is 2.29. The lowest BCUT2D eigenvalue weighted by atomic mass is 10.2. The molecule has 0 fully saturated rings. The minimum atomic E-state index is -0.263. The standard InChI is InChI=1S/C16H19N3O3.ClH/c1-10(2)22-13-6-4-11(8-14(13)21-3)16(20)19-12-5-7-15(17)18-9-12;/h4-10H,1-3H3,(H2,17,18)(H,19,20);1H. The van der Waals surface area contributed by atoms with E-state index in [1.807, 2.05) is 13.8 Å². The SMILES string of the molecule is COc1cc(C(=O)Nc2ccc(N)nc2)ccc1OC(C)C.Cl. The van der Waals surface area contributed by atoms with Crippen molar-refractivity contribution in [3.05, 3.63) is 42.1 Å². The number of amides is 1. The van der Waals surface area contributed by atoms with E-state index in [-0.39, 0.29) is 24.4 Å². The lowest BCUT2D eigenvalue weighted by Crippen LogP contribution is -2.13. The smallest absolute Gasteiger partial charge is 0.255 e. The summed E-state index contributed by atoms with van der Waals surface area (Å²) in [5, 5.41) is 2.74. The van der Waals surface area contributed by atoms with E-state index in [2.05, 4.69) is 10.3 Å². The zero-order valence-corrected chi connectivity index (χ0v) is 14.0. The summed E-state index contributed by atoms with van der Waals surface area (Å²) >= 11 is 0. The van der Waals surface area contributed by atoms with Crippen molar-refractivity contribution >= 4 is 29.8 Å². The van der Waals surface area contributed by atoms with E-state index in [1.54, 1.807) is 30.3 Å². The van der Waals surface area contributed by atoms with E-state index in [9.17, 15) is 4.79 Å². The van der Waals surface area contributed by atoms with Crippen LogP contribution in [0.15, 0.2) is 36.5 Å². The predicted octanol–water partition coefficient (Wildman–Crippen LogP) is 3.13. The maximum atomic E-state index is 12.2. The van der Waals surface area contributed by atoms with Crippen LogP contribution in [0, 0.1) is 0 Å². The number of nitrogens with two attached hydrogens (primary N) is 1. The number of rotatable bonds is 5. The highest BCUT2D eigenvalue weighted by molar-refractivity contribution is 6.04. The molecular formula is C16H20ClN3O3. The van der Waals surface area contributed by atoms with Gasteiger partial charge >= 0.3 is 0 Å². The molecule has 0 bridgehead atoms. The first-order valence-corrected chi connectivity index (χ1v) is 6.87. The normalized spacial score (nSPS) is 9.91. The molecule has 0 atom stereocenters. The Morgan fingerprint density at radius 2 is 1.96 bits per heavy atom. The second-order valence-electron chi connectivity index (χ2n) is 4.96. The number of benzene rings is 1. The minimum Gasteiger partial charge on any atom is -0.493 e. The molecule has 124 valence electrons. The molecule has 0 unspecified atom stereocenters. The molecule has 0 radical (unpaired) electrons. The molecule has 6 nitrogen and oxygen atoms in total. The van der Waals surface area contributed by atoms with Crippen molar-refractivity contribution in [2.45, 2.75) is 20.0 Å². The van der Waals surface area contributed by atoms with Gasteiger partial charge in [0, 0.05) is 5.56 Å². The largest absolute Gasteiger partial charge is 0.493 e. The highest BCUT2D eigenvalue weighted by Gasteiger charge is 2.12. The third-order valence-electron chi connectivity index (χ3n) is 2.83. The van der Waals surface area contributed by atoms with Crippen LogP contribution in [0.1, 0.15) is 24.2 Å². The number of carbonyl (C=O) groups excluding carboxylic acids is 1. The summed E-state index contributed by atoms with van der Waals surface area (Å²) in [6.45, 7) is 3.85. The molecule has 0 aliphatic heterocycles. The second kappa shape index (κ2) is 8.24. The molecule has 0 aliphatic carbocycles. The number of hydrogen-bond donors (Lipinski definition) is 2. The van der Waals surface area contributed by atoms with Crippen LogP contribution in [0.5, 0.6) is 11.5 Å². The molecule has 1 aromatic heterocycles. The van der Waals surface area contributed by atoms with Gasteiger partial charge in [0.15, 0.2) is 11.5 Å². The maximum Gasteiger partial charge on any atom is 0.255 e. The van der Waals surface area contributed by atoms with Crippen LogP contribution in [0.3, 0.4) is 0 Å². The zero-order chi connectivity index (χ0) is 16.1. The molecule has 1 heterocycles. The molecule has 2 rings (SSSR count). The number of anilines is 2. The number of halogens is 1. The van der Waals surface area contributed by atoms with Crippen molar-refractivity contribution in [1.82, 2.24) is 4.98 Å². The van der Waals surface area contributed by atoms with Crippen LogP contribution in [0.4, 0.5) is 11.5 Å². The van der Waals surface area contributed by atoms with E-state index in [4.69, 9.17) is 15.2 Å². The molecular weight excluding hydrogens is 318 g/mol. The quantitative estimate of drug-likeness (QED) is 0.875. The fraction of sp³-hybridized carbons (Fsp3) is 0.250. The average Bonchev–Trinajstić information content (AvgIpc) is 2.49. The lowest BCUT2D eigenvalue weighted by molar-refractivity contribution is 0.102. The second-order valence-corrected chi connectivity index (χ2v) is 4.96. The monoisotopic (exact) mass is 337 g/mol. The molecule has 23 heavy (non-hydrogen) atoms. The predicted molar refractivity (Wildman–Crippen MR) is 92.6 cm³/mol. The first-order valence-electron chi connectivity index (χ1n) is 6.87. The number of methoxy groups -OCH3 is 1. The van der Waals surface area contributed by atoms with Gasteiger partial charge < -0.3 is 20.5 Å². The Hall–Kier alpha value is -2.47. The van der Waals surface area contributed by atoms with E-state index < -0.39 is 0 Å². The third-order valence-corrected chi connectivity index (χ3v) is 2.83. The van der Waals surface area contributed by atoms with Crippen molar-refractivity contribution in [2.24, 2.45) is 0 Å². The van der Waals surface area contributed by atoms with Crippen LogP contribution in [-0.4, -0.2) is 24.1 Å². The van der Waals surface area contributed by atoms with Gasteiger partial charge in [0.1, 0.15) is 5.82 Å². The number of aromatic nitrogens is 1. The van der Waals surface area contributed by atoms with E-state index in [0.29, 0.717) is 28.6 Å². The first kappa shape index (κ1) is 18.6. The zero-order valence-electron chi connectivity index (χ0n) is 13.2.